The molecule has 0 bridgehead atoms. The van der Waals surface area contributed by atoms with Gasteiger partial charge >= 0.3 is 0 Å². The molecule has 0 radical (unpaired) electrons. The molecule has 0 aromatic heterocycles. The molecule has 2 rings (SSSR count). The summed E-state index contributed by atoms with van der Waals surface area (Å²) in [6.07, 6.45) is 0. The Hall–Kier alpha value is -1.97. The van der Waals surface area contributed by atoms with Crippen molar-refractivity contribution in [2.45, 2.75) is 20.8 Å². The maximum absolute atomic E-state index is 10.3. The molecular weight excluding hydrogens is 284 g/mol. The van der Waals surface area contributed by atoms with E-state index in [1.54, 1.807) is 0 Å². The second kappa shape index (κ2) is 6.98. The quantitative estimate of drug-likeness (QED) is 0.431. The lowest BCUT2D eigenvalue weighted by Gasteiger charge is -2.01. The molecular formula is C11H16N4O4S. The van der Waals surface area contributed by atoms with Gasteiger partial charge in [0.05, 0.1) is 6.54 Å². The van der Waals surface area contributed by atoms with Crippen molar-refractivity contribution in [2.24, 2.45) is 0 Å². The SMILES string of the molecule is Cc1cc(C)cc(C)c1.O=[N+]([O-])N1NNCC1=S(=O)=O. The summed E-state index contributed by atoms with van der Waals surface area (Å²) in [6.45, 7) is 6.29. The zero-order valence-corrected chi connectivity index (χ0v) is 12.2. The second-order valence-electron chi connectivity index (χ2n) is 4.31. The molecule has 0 spiro atoms. The Bertz CT molecular complexity index is 583. The standard InChI is InChI=1S/C9H12.C2H4N4O4S/c1-7-4-8(2)6-9(3)5-7;7-6(8)5-2(11(9)10)1-3-4-5/h4-6H,1-3H3;3-4H,1H2. The van der Waals surface area contributed by atoms with Crippen LogP contribution in [0.5, 0.6) is 0 Å². The Balaban J connectivity index is 0.000000204. The van der Waals surface area contributed by atoms with Gasteiger partial charge in [-0.25, -0.2) is 15.5 Å². The highest BCUT2D eigenvalue weighted by Crippen LogP contribution is 2.06. The maximum atomic E-state index is 10.3. The highest BCUT2D eigenvalue weighted by atomic mass is 32.2. The molecule has 2 N–H and O–H groups in total. The summed E-state index contributed by atoms with van der Waals surface area (Å²) in [5, 5.41) is 9.49. The van der Waals surface area contributed by atoms with Crippen molar-refractivity contribution >= 4 is 15.3 Å². The van der Waals surface area contributed by atoms with Crippen LogP contribution >= 0.6 is 0 Å². The van der Waals surface area contributed by atoms with Gasteiger partial charge in [0, 0.05) is 5.12 Å². The first-order valence-corrected chi connectivity index (χ1v) is 6.81. The average Bonchev–Trinajstić information content (AvgIpc) is 2.76. The third kappa shape index (κ3) is 4.61. The van der Waals surface area contributed by atoms with Gasteiger partial charge in [-0.2, -0.15) is 8.42 Å². The van der Waals surface area contributed by atoms with Gasteiger partial charge in [-0.1, -0.05) is 34.9 Å². The first-order chi connectivity index (χ1) is 9.31. The summed E-state index contributed by atoms with van der Waals surface area (Å²) in [5.41, 5.74) is 8.39. The van der Waals surface area contributed by atoms with Crippen LogP contribution in [0.25, 0.3) is 0 Å². The highest BCUT2D eigenvalue weighted by Gasteiger charge is 2.28. The van der Waals surface area contributed by atoms with Crippen molar-refractivity contribution in [3.63, 3.8) is 0 Å². The van der Waals surface area contributed by atoms with Gasteiger partial charge in [0.2, 0.25) is 15.3 Å². The molecule has 1 fully saturated rings. The van der Waals surface area contributed by atoms with E-state index < -0.39 is 15.3 Å². The van der Waals surface area contributed by atoms with E-state index in [1.165, 1.54) is 16.7 Å². The molecule has 110 valence electrons. The Morgan fingerprint density at radius 3 is 1.90 bits per heavy atom. The van der Waals surface area contributed by atoms with E-state index in [9.17, 15) is 18.5 Å². The molecule has 0 amide bonds. The predicted octanol–water partition coefficient (Wildman–Crippen LogP) is 0.124. The third-order valence-corrected chi connectivity index (χ3v) is 3.08. The number of hydrogen-bond donors (Lipinski definition) is 2. The predicted molar refractivity (Wildman–Crippen MR) is 74.6 cm³/mol. The molecule has 9 heteroatoms. The van der Waals surface area contributed by atoms with Crippen LogP contribution in [0.3, 0.4) is 0 Å². The number of hydrazine groups is 3. The molecule has 0 atom stereocenters. The molecule has 0 aliphatic carbocycles. The van der Waals surface area contributed by atoms with Crippen LogP contribution in [0, 0.1) is 30.9 Å². The largest absolute Gasteiger partial charge is 0.243 e. The third-order valence-electron chi connectivity index (χ3n) is 2.38. The molecule has 1 aliphatic rings. The number of nitro groups is 1. The molecule has 0 saturated carbocycles. The summed E-state index contributed by atoms with van der Waals surface area (Å²) >= 11 is 0. The lowest BCUT2D eigenvalue weighted by atomic mass is 10.1. The molecule has 20 heavy (non-hydrogen) atoms. The topological polar surface area (TPSA) is 105 Å². The van der Waals surface area contributed by atoms with E-state index in [1.807, 2.05) is 5.53 Å². The zero-order chi connectivity index (χ0) is 15.3. The molecule has 1 aromatic rings. The number of rotatable bonds is 1. The van der Waals surface area contributed by atoms with Crippen LogP contribution in [-0.2, 0) is 10.3 Å². The number of nitrogens with one attached hydrogen (secondary N) is 2. The number of hydrogen-bond acceptors (Lipinski definition) is 6. The molecule has 8 nitrogen and oxygen atoms in total. The van der Waals surface area contributed by atoms with Crippen molar-refractivity contribution in [1.29, 1.82) is 0 Å². The van der Waals surface area contributed by atoms with Crippen molar-refractivity contribution in [3.05, 3.63) is 45.0 Å². The van der Waals surface area contributed by atoms with E-state index in [0.29, 0.717) is 5.12 Å². The number of benzene rings is 1. The molecule has 1 saturated heterocycles. The van der Waals surface area contributed by atoms with Gasteiger partial charge in [-0.15, -0.1) is 5.53 Å². The van der Waals surface area contributed by atoms with E-state index in [-0.39, 0.29) is 11.5 Å². The van der Waals surface area contributed by atoms with Crippen molar-refractivity contribution in [2.75, 3.05) is 6.54 Å². The van der Waals surface area contributed by atoms with Gasteiger partial charge in [0.1, 0.15) is 0 Å². The van der Waals surface area contributed by atoms with Crippen LogP contribution in [0.15, 0.2) is 18.2 Å². The minimum absolute atomic E-state index is 0.0862. The lowest BCUT2D eigenvalue weighted by Crippen LogP contribution is -2.42. The Morgan fingerprint density at radius 2 is 1.60 bits per heavy atom. The van der Waals surface area contributed by atoms with Gasteiger partial charge in [-0.05, 0) is 20.8 Å². The first kappa shape index (κ1) is 16.1. The smallest absolute Gasteiger partial charge is 0.233 e. The van der Waals surface area contributed by atoms with E-state index in [4.69, 9.17) is 0 Å². The normalized spacial score (nSPS) is 13.8. The molecule has 1 aliphatic heterocycles. The summed E-state index contributed by atoms with van der Waals surface area (Å²) in [4.78, 5) is 9.71. The minimum atomic E-state index is -2.57. The van der Waals surface area contributed by atoms with Crippen LogP contribution in [0.2, 0.25) is 0 Å². The van der Waals surface area contributed by atoms with Gasteiger partial charge in [0.15, 0.2) is 5.03 Å². The van der Waals surface area contributed by atoms with Gasteiger partial charge in [-0.3, -0.25) is 0 Å². The van der Waals surface area contributed by atoms with Crippen molar-refractivity contribution in [1.82, 2.24) is 16.1 Å². The summed E-state index contributed by atoms with van der Waals surface area (Å²) < 4.78 is 20.5. The first-order valence-electron chi connectivity index (χ1n) is 5.74. The van der Waals surface area contributed by atoms with E-state index in [2.05, 4.69) is 44.4 Å². The number of aryl methyl sites for hydroxylation is 3. The zero-order valence-electron chi connectivity index (χ0n) is 11.4. The molecule has 1 heterocycles. The summed E-state index contributed by atoms with van der Waals surface area (Å²) in [7, 11) is -2.57. The summed E-state index contributed by atoms with van der Waals surface area (Å²) in [6, 6.07) is 6.56. The van der Waals surface area contributed by atoms with Crippen LogP contribution in [-0.4, -0.2) is 30.1 Å². The van der Waals surface area contributed by atoms with E-state index in [0.717, 1.165) is 0 Å². The highest BCUT2D eigenvalue weighted by molar-refractivity contribution is 7.72. The fourth-order valence-electron chi connectivity index (χ4n) is 1.79. The van der Waals surface area contributed by atoms with Gasteiger partial charge in [0.25, 0.3) is 0 Å². The molecule has 1 aromatic carbocycles. The molecule has 0 unspecified atom stereocenters. The fourth-order valence-corrected chi connectivity index (χ4v) is 2.23. The Labute approximate surface area is 118 Å². The Morgan fingerprint density at radius 1 is 1.15 bits per heavy atom. The van der Waals surface area contributed by atoms with Crippen LogP contribution < -0.4 is 11.0 Å². The summed E-state index contributed by atoms with van der Waals surface area (Å²) in [5.74, 6) is 0. The number of nitrogens with zero attached hydrogens (tertiary/aromatic N) is 2. The van der Waals surface area contributed by atoms with Crippen LogP contribution in [0.1, 0.15) is 16.7 Å². The second-order valence-corrected chi connectivity index (χ2v) is 5.25. The van der Waals surface area contributed by atoms with Crippen molar-refractivity contribution in [3.8, 4) is 0 Å². The maximum Gasteiger partial charge on any atom is 0.243 e. The van der Waals surface area contributed by atoms with Crippen molar-refractivity contribution < 1.29 is 13.5 Å². The average molecular weight is 300 g/mol. The fraction of sp³-hybridized carbons (Fsp3) is 0.364. The minimum Gasteiger partial charge on any atom is -0.233 e. The lowest BCUT2D eigenvalue weighted by molar-refractivity contribution is -0.641. The van der Waals surface area contributed by atoms with Gasteiger partial charge < -0.3 is 0 Å². The Kier molecular flexibility index (Phi) is 5.62. The van der Waals surface area contributed by atoms with E-state index >= 15 is 0 Å². The monoisotopic (exact) mass is 300 g/mol. The van der Waals surface area contributed by atoms with Crippen LogP contribution in [0.4, 0.5) is 0 Å².